The minimum Gasteiger partial charge on any atom is -0.455 e. The Bertz CT molecular complexity index is 1160. The van der Waals surface area contributed by atoms with Crippen LogP contribution < -0.4 is 11.2 Å². The molecule has 2 heterocycles. The van der Waals surface area contributed by atoms with Crippen molar-refractivity contribution in [1.82, 2.24) is 19.1 Å². The lowest BCUT2D eigenvalue weighted by Crippen LogP contribution is -2.31. The zero-order valence-electron chi connectivity index (χ0n) is 16.0. The first-order valence-electron chi connectivity index (χ1n) is 9.12. The first-order chi connectivity index (χ1) is 13.8. The maximum absolute atomic E-state index is 12.2. The van der Waals surface area contributed by atoms with Gasteiger partial charge in [0.05, 0.1) is 0 Å². The number of H-pyrrole nitrogens is 1. The second kappa shape index (κ2) is 8.62. The predicted octanol–water partition coefficient (Wildman–Crippen LogP) is 1.65. The molecule has 0 aliphatic carbocycles. The van der Waals surface area contributed by atoms with E-state index < -0.39 is 23.3 Å². The van der Waals surface area contributed by atoms with Crippen LogP contribution in [0.15, 0.2) is 33.9 Å². The second-order valence-corrected chi connectivity index (χ2v) is 6.96. The highest BCUT2D eigenvalue weighted by Gasteiger charge is 2.23. The lowest BCUT2D eigenvalue weighted by molar-refractivity contribution is -0.155. The number of fused-ring (bicyclic) bond motifs is 1. The molecule has 0 saturated carbocycles. The number of halogens is 1. The highest BCUT2D eigenvalue weighted by molar-refractivity contribution is 6.31. The molecule has 0 spiro atoms. The Morgan fingerprint density at radius 1 is 1.34 bits per heavy atom. The van der Waals surface area contributed by atoms with Gasteiger partial charge in [0.1, 0.15) is 12.4 Å². The zero-order chi connectivity index (χ0) is 21.1. The van der Waals surface area contributed by atoms with Crippen LogP contribution in [-0.4, -0.2) is 30.2 Å². The molecule has 2 aromatic heterocycles. The quantitative estimate of drug-likeness (QED) is 0.561. The van der Waals surface area contributed by atoms with E-state index in [4.69, 9.17) is 16.3 Å². The van der Waals surface area contributed by atoms with Crippen LogP contribution in [-0.2, 0) is 29.7 Å². The molecule has 0 saturated heterocycles. The maximum Gasteiger partial charge on any atom is 0.340 e. The van der Waals surface area contributed by atoms with Crippen molar-refractivity contribution in [1.29, 1.82) is 0 Å². The Kier molecular flexibility index (Phi) is 6.19. The number of benzene rings is 1. The number of ether oxygens (including phenoxy) is 1. The van der Waals surface area contributed by atoms with Crippen molar-refractivity contribution in [2.24, 2.45) is 7.05 Å². The standard InChI is InChI=1S/C19H21ClN4O5/c1-3-4-9-24-16-14(17(26)22-19(24)28)23(2)13(21-16)10-29-18(27)15(25)11-7-5-6-8-12(11)20/h5-8,15,25H,3-4,9-10H2,1-2H3,(H,22,26,28)/t15-/m1/s1. The minimum absolute atomic E-state index is 0.207. The summed E-state index contributed by atoms with van der Waals surface area (Å²) in [5.41, 5.74) is -0.437. The van der Waals surface area contributed by atoms with Gasteiger partial charge in [-0.1, -0.05) is 43.1 Å². The number of hydrogen-bond acceptors (Lipinski definition) is 6. The van der Waals surface area contributed by atoms with Crippen LogP contribution in [0, 0.1) is 0 Å². The van der Waals surface area contributed by atoms with E-state index in [9.17, 15) is 19.5 Å². The van der Waals surface area contributed by atoms with Crippen molar-refractivity contribution in [3.63, 3.8) is 0 Å². The number of nitrogens with one attached hydrogen (secondary N) is 1. The SMILES string of the molecule is CCCCn1c(=O)[nH]c(=O)c2c1nc(COC(=O)[C@H](O)c1ccccc1Cl)n2C. The number of aromatic nitrogens is 4. The summed E-state index contributed by atoms with van der Waals surface area (Å²) in [6, 6.07) is 6.40. The van der Waals surface area contributed by atoms with E-state index in [0.717, 1.165) is 12.8 Å². The number of nitrogens with zero attached hydrogens (tertiary/aromatic N) is 3. The molecular weight excluding hydrogens is 400 g/mol. The molecule has 3 aromatic rings. The molecule has 3 rings (SSSR count). The first-order valence-corrected chi connectivity index (χ1v) is 9.50. The number of unbranched alkanes of at least 4 members (excludes halogenated alkanes) is 1. The van der Waals surface area contributed by atoms with Crippen LogP contribution in [0.4, 0.5) is 0 Å². The summed E-state index contributed by atoms with van der Waals surface area (Å²) in [7, 11) is 1.59. The summed E-state index contributed by atoms with van der Waals surface area (Å²) in [4.78, 5) is 43.2. The fraction of sp³-hybridized carbons (Fsp3) is 0.368. The second-order valence-electron chi connectivity index (χ2n) is 6.56. The third-order valence-corrected chi connectivity index (χ3v) is 4.95. The summed E-state index contributed by atoms with van der Waals surface area (Å²) < 4.78 is 8.03. The van der Waals surface area contributed by atoms with Crippen LogP contribution in [0.1, 0.15) is 37.3 Å². The number of carbonyl (C=O) groups is 1. The molecule has 0 radical (unpaired) electrons. The summed E-state index contributed by atoms with van der Waals surface area (Å²) in [6.45, 7) is 2.11. The van der Waals surface area contributed by atoms with Crippen molar-refractivity contribution < 1.29 is 14.6 Å². The Morgan fingerprint density at radius 3 is 2.76 bits per heavy atom. The molecule has 154 valence electrons. The minimum atomic E-state index is -1.55. The summed E-state index contributed by atoms with van der Waals surface area (Å²) in [5.74, 6) is -0.636. The van der Waals surface area contributed by atoms with Crippen LogP contribution in [0.5, 0.6) is 0 Å². The number of aromatic amines is 1. The molecule has 0 bridgehead atoms. The predicted molar refractivity (Wildman–Crippen MR) is 107 cm³/mol. The monoisotopic (exact) mass is 420 g/mol. The highest BCUT2D eigenvalue weighted by Crippen LogP contribution is 2.23. The van der Waals surface area contributed by atoms with Gasteiger partial charge < -0.3 is 14.4 Å². The molecule has 0 amide bonds. The number of hydrogen-bond donors (Lipinski definition) is 2. The third kappa shape index (κ3) is 4.10. The summed E-state index contributed by atoms with van der Waals surface area (Å²) >= 11 is 6.00. The molecule has 0 fully saturated rings. The van der Waals surface area contributed by atoms with Crippen molar-refractivity contribution in [2.75, 3.05) is 0 Å². The molecule has 1 aromatic carbocycles. The van der Waals surface area contributed by atoms with Gasteiger partial charge in [-0.25, -0.2) is 14.6 Å². The average molecular weight is 421 g/mol. The highest BCUT2D eigenvalue weighted by atomic mass is 35.5. The van der Waals surface area contributed by atoms with E-state index in [1.807, 2.05) is 6.92 Å². The van der Waals surface area contributed by atoms with Crippen molar-refractivity contribution in [3.8, 4) is 0 Å². The molecule has 9 nitrogen and oxygen atoms in total. The van der Waals surface area contributed by atoms with Gasteiger partial charge in [0.15, 0.2) is 17.3 Å². The van der Waals surface area contributed by atoms with E-state index in [-0.39, 0.29) is 34.2 Å². The van der Waals surface area contributed by atoms with E-state index >= 15 is 0 Å². The fourth-order valence-electron chi connectivity index (χ4n) is 2.98. The van der Waals surface area contributed by atoms with Crippen LogP contribution in [0.3, 0.4) is 0 Å². The Labute approximate surface area is 170 Å². The van der Waals surface area contributed by atoms with E-state index in [2.05, 4.69) is 9.97 Å². The van der Waals surface area contributed by atoms with E-state index in [0.29, 0.717) is 6.54 Å². The van der Waals surface area contributed by atoms with Gasteiger partial charge >= 0.3 is 11.7 Å². The van der Waals surface area contributed by atoms with Gasteiger partial charge in [0.25, 0.3) is 5.56 Å². The Morgan fingerprint density at radius 2 is 2.07 bits per heavy atom. The lowest BCUT2D eigenvalue weighted by Gasteiger charge is -2.12. The van der Waals surface area contributed by atoms with Crippen molar-refractivity contribution >= 4 is 28.7 Å². The molecule has 29 heavy (non-hydrogen) atoms. The van der Waals surface area contributed by atoms with Crippen LogP contribution in [0.2, 0.25) is 5.02 Å². The number of esters is 1. The van der Waals surface area contributed by atoms with Crippen molar-refractivity contribution in [3.05, 3.63) is 61.5 Å². The van der Waals surface area contributed by atoms with E-state index in [1.165, 1.54) is 15.2 Å². The molecule has 2 N–H and O–H groups in total. The topological polar surface area (TPSA) is 119 Å². The third-order valence-electron chi connectivity index (χ3n) is 4.61. The molecule has 0 aliphatic rings. The van der Waals surface area contributed by atoms with Gasteiger partial charge in [-0.2, -0.15) is 0 Å². The van der Waals surface area contributed by atoms with Gasteiger partial charge in [-0.3, -0.25) is 14.3 Å². The fourth-order valence-corrected chi connectivity index (χ4v) is 3.22. The zero-order valence-corrected chi connectivity index (χ0v) is 16.8. The summed E-state index contributed by atoms with van der Waals surface area (Å²) in [5, 5.41) is 10.4. The maximum atomic E-state index is 12.2. The van der Waals surface area contributed by atoms with Gasteiger partial charge in [-0.15, -0.1) is 0 Å². The molecule has 0 aliphatic heterocycles. The molecular formula is C19H21ClN4O5. The van der Waals surface area contributed by atoms with Crippen LogP contribution >= 0.6 is 11.6 Å². The number of aliphatic hydroxyl groups is 1. The van der Waals surface area contributed by atoms with Crippen LogP contribution in [0.25, 0.3) is 11.2 Å². The molecule has 1 atom stereocenters. The van der Waals surface area contributed by atoms with Crippen molar-refractivity contribution in [2.45, 2.75) is 39.0 Å². The number of aliphatic hydroxyl groups excluding tert-OH is 1. The average Bonchev–Trinajstić information content (AvgIpc) is 3.02. The molecule has 0 unspecified atom stereocenters. The Hall–Kier alpha value is -2.91. The number of rotatable bonds is 7. The largest absolute Gasteiger partial charge is 0.455 e. The van der Waals surface area contributed by atoms with E-state index in [1.54, 1.807) is 25.2 Å². The smallest absolute Gasteiger partial charge is 0.340 e. The lowest BCUT2D eigenvalue weighted by atomic mass is 10.1. The van der Waals surface area contributed by atoms with Gasteiger partial charge in [0, 0.05) is 24.2 Å². The number of imidazole rings is 1. The summed E-state index contributed by atoms with van der Waals surface area (Å²) in [6.07, 6.45) is 0.0560. The number of carbonyl (C=O) groups excluding carboxylic acids is 1. The van der Waals surface area contributed by atoms with Gasteiger partial charge in [0.2, 0.25) is 0 Å². The van der Waals surface area contributed by atoms with Gasteiger partial charge in [-0.05, 0) is 12.5 Å². The Balaban J connectivity index is 1.87. The number of aryl methyl sites for hydroxylation is 2. The first kappa shape index (κ1) is 20.8. The molecule has 10 heteroatoms. The normalized spacial score (nSPS) is 12.3.